The predicted octanol–water partition coefficient (Wildman–Crippen LogP) is 8.04. The molecule has 3 aromatic carbocycles. The van der Waals surface area contributed by atoms with E-state index in [4.69, 9.17) is 44.9 Å². The lowest BCUT2D eigenvalue weighted by atomic mass is 10.0. The molecule has 31 heavy (non-hydrogen) atoms. The van der Waals surface area contributed by atoms with Crippen LogP contribution < -0.4 is 0 Å². The van der Waals surface area contributed by atoms with Crippen LogP contribution in [0, 0.1) is 17.0 Å². The van der Waals surface area contributed by atoms with Gasteiger partial charge in [-0.15, -0.1) is 11.8 Å². The van der Waals surface area contributed by atoms with Gasteiger partial charge in [0, 0.05) is 5.75 Å². The van der Waals surface area contributed by atoms with Gasteiger partial charge >= 0.3 is 0 Å². The number of hydrogen-bond donors (Lipinski definition) is 1. The maximum absolute atomic E-state index is 13.6. The summed E-state index contributed by atoms with van der Waals surface area (Å²) in [6.45, 7) is 0. The van der Waals surface area contributed by atoms with Crippen molar-refractivity contribution in [3.8, 4) is 0 Å². The van der Waals surface area contributed by atoms with Gasteiger partial charge in [0.2, 0.25) is 5.90 Å². The van der Waals surface area contributed by atoms with Crippen LogP contribution in [0.1, 0.15) is 28.0 Å². The summed E-state index contributed by atoms with van der Waals surface area (Å²) in [5.41, 5.74) is 2.43. The van der Waals surface area contributed by atoms with Crippen LogP contribution in [0.4, 0.5) is 8.78 Å². The molecule has 0 bridgehead atoms. The minimum atomic E-state index is -2.06. The van der Waals surface area contributed by atoms with Crippen molar-refractivity contribution < 1.29 is 13.5 Å². The second-order valence-corrected chi connectivity index (χ2v) is 10.1. The Balaban J connectivity index is 2.00. The number of alkyl halides is 3. The molecule has 2 nitrogen and oxygen atoms in total. The molecule has 0 aliphatic carbocycles. The Kier molecular flexibility index (Phi) is 8.23. The van der Waals surface area contributed by atoms with Crippen molar-refractivity contribution in [3.63, 3.8) is 0 Å². The van der Waals surface area contributed by atoms with Crippen molar-refractivity contribution in [1.82, 2.24) is 0 Å². The van der Waals surface area contributed by atoms with Gasteiger partial charge in [-0.1, -0.05) is 89.4 Å². The summed E-state index contributed by atoms with van der Waals surface area (Å²) in [7, 11) is 0. The minimum Gasteiger partial charge on any atom is -0.468 e. The van der Waals surface area contributed by atoms with E-state index in [0.29, 0.717) is 11.3 Å². The van der Waals surface area contributed by atoms with Crippen LogP contribution in [0.15, 0.2) is 78.9 Å². The first-order valence-electron chi connectivity index (χ1n) is 9.23. The van der Waals surface area contributed by atoms with Crippen LogP contribution in [0.2, 0.25) is 0 Å². The summed E-state index contributed by atoms with van der Waals surface area (Å²) in [5, 5.41) is 7.68. The van der Waals surface area contributed by atoms with Crippen molar-refractivity contribution in [1.29, 1.82) is 5.41 Å². The zero-order chi connectivity index (χ0) is 22.4. The quantitative estimate of drug-likeness (QED) is 0.202. The molecule has 0 amide bonds. The van der Waals surface area contributed by atoms with Gasteiger partial charge in [-0.2, -0.15) is 0 Å². The number of hydrogen-bond acceptors (Lipinski definition) is 3. The van der Waals surface area contributed by atoms with E-state index in [1.807, 2.05) is 30.3 Å². The molecular weight excluding hydrogens is 483 g/mol. The van der Waals surface area contributed by atoms with Gasteiger partial charge in [0.05, 0.1) is 5.25 Å². The Hall–Kier alpha value is -1.79. The molecule has 8 heteroatoms. The van der Waals surface area contributed by atoms with Crippen LogP contribution in [0.25, 0.3) is 0 Å². The normalized spacial score (nSPS) is 13.5. The topological polar surface area (TPSA) is 33.1 Å². The summed E-state index contributed by atoms with van der Waals surface area (Å²) in [5.74, 6) is -0.720. The minimum absolute atomic E-state index is 0.371. The standard InChI is InChI=1S/C23H18Cl3F2NOS/c24-23(25,26)22(29)30-20(16-6-10-18(27)11-7-16)21(17-8-12-19(28)13-9-17)31-14-15-4-2-1-3-5-15/h1-13,20-21,29H,14H2/t20-,21-/m1/s1. The van der Waals surface area contributed by atoms with Gasteiger partial charge in [-0.05, 0) is 41.0 Å². The Labute approximate surface area is 199 Å². The predicted molar refractivity (Wildman–Crippen MR) is 125 cm³/mol. The number of ether oxygens (including phenoxy) is 1. The first kappa shape index (κ1) is 23.9. The van der Waals surface area contributed by atoms with Crippen molar-refractivity contribution in [3.05, 3.63) is 107 Å². The van der Waals surface area contributed by atoms with Crippen LogP contribution in [-0.4, -0.2) is 9.69 Å². The van der Waals surface area contributed by atoms with Crippen LogP contribution in [0.5, 0.6) is 0 Å². The number of thioether (sulfide) groups is 1. The largest absolute Gasteiger partial charge is 0.468 e. The summed E-state index contributed by atoms with van der Waals surface area (Å²) < 4.78 is 30.9. The van der Waals surface area contributed by atoms with E-state index in [0.717, 1.165) is 11.1 Å². The molecule has 1 N–H and O–H groups in total. The first-order chi connectivity index (χ1) is 14.7. The van der Waals surface area contributed by atoms with Crippen molar-refractivity contribution in [2.75, 3.05) is 0 Å². The highest BCUT2D eigenvalue weighted by Crippen LogP contribution is 2.45. The molecule has 162 valence electrons. The summed E-state index contributed by atoms with van der Waals surface area (Å²) in [6.07, 6.45) is -0.789. The number of rotatable bonds is 7. The van der Waals surface area contributed by atoms with Crippen molar-refractivity contribution >= 4 is 52.5 Å². The highest BCUT2D eigenvalue weighted by atomic mass is 35.6. The SMILES string of the molecule is N=C(O[C@H](c1ccc(F)cc1)[C@H](SCc1ccccc1)c1ccc(F)cc1)C(Cl)(Cl)Cl. The van der Waals surface area contributed by atoms with Gasteiger partial charge < -0.3 is 4.74 Å². The van der Waals surface area contributed by atoms with E-state index >= 15 is 0 Å². The Bertz CT molecular complexity index is 996. The second kappa shape index (κ2) is 10.7. The Morgan fingerprint density at radius 1 is 0.839 bits per heavy atom. The fourth-order valence-electron chi connectivity index (χ4n) is 2.92. The van der Waals surface area contributed by atoms with Crippen LogP contribution in [0.3, 0.4) is 0 Å². The maximum atomic E-state index is 13.6. The van der Waals surface area contributed by atoms with Crippen LogP contribution in [-0.2, 0) is 10.5 Å². The molecular formula is C23H18Cl3F2NOS. The van der Waals surface area contributed by atoms with Gasteiger partial charge in [0.1, 0.15) is 17.7 Å². The zero-order valence-corrected chi connectivity index (χ0v) is 19.2. The molecule has 0 heterocycles. The van der Waals surface area contributed by atoms with Gasteiger partial charge in [-0.25, -0.2) is 8.78 Å². The molecule has 0 aliphatic rings. The molecule has 0 radical (unpaired) electrons. The Morgan fingerprint density at radius 3 is 1.87 bits per heavy atom. The van der Waals surface area contributed by atoms with E-state index < -0.39 is 26.9 Å². The summed E-state index contributed by atoms with van der Waals surface area (Å²) in [6, 6.07) is 21.5. The van der Waals surface area contributed by atoms with Crippen molar-refractivity contribution in [2.45, 2.75) is 20.9 Å². The smallest absolute Gasteiger partial charge is 0.265 e. The number of halogens is 5. The summed E-state index contributed by atoms with van der Waals surface area (Å²) >= 11 is 19.1. The lowest BCUT2D eigenvalue weighted by Gasteiger charge is -2.30. The third kappa shape index (κ3) is 6.84. The average molecular weight is 501 g/mol. The molecule has 2 atom stereocenters. The number of benzene rings is 3. The van der Waals surface area contributed by atoms with Crippen LogP contribution >= 0.6 is 46.6 Å². The first-order valence-corrected chi connectivity index (χ1v) is 11.4. The maximum Gasteiger partial charge on any atom is 0.265 e. The molecule has 0 saturated heterocycles. The average Bonchev–Trinajstić information content (AvgIpc) is 2.75. The van der Waals surface area contributed by atoms with E-state index in [2.05, 4.69) is 0 Å². The number of nitrogens with one attached hydrogen (secondary N) is 1. The molecule has 3 rings (SSSR count). The van der Waals surface area contributed by atoms with E-state index in [9.17, 15) is 8.78 Å². The highest BCUT2D eigenvalue weighted by Gasteiger charge is 2.35. The lowest BCUT2D eigenvalue weighted by Crippen LogP contribution is -2.26. The van der Waals surface area contributed by atoms with E-state index in [-0.39, 0.29) is 5.82 Å². The fraction of sp³-hybridized carbons (Fsp3) is 0.174. The van der Waals surface area contributed by atoms with Gasteiger partial charge in [-0.3, -0.25) is 5.41 Å². The molecule has 0 unspecified atom stereocenters. The monoisotopic (exact) mass is 499 g/mol. The summed E-state index contributed by atoms with van der Waals surface area (Å²) in [4.78, 5) is 0. The zero-order valence-electron chi connectivity index (χ0n) is 16.1. The molecule has 0 fully saturated rings. The van der Waals surface area contributed by atoms with E-state index in [1.54, 1.807) is 24.3 Å². The fourth-order valence-corrected chi connectivity index (χ4v) is 4.36. The molecule has 0 saturated carbocycles. The lowest BCUT2D eigenvalue weighted by molar-refractivity contribution is 0.182. The second-order valence-electron chi connectivity index (χ2n) is 6.69. The van der Waals surface area contributed by atoms with Gasteiger partial charge in [0.25, 0.3) is 3.79 Å². The molecule has 0 aromatic heterocycles. The molecule has 3 aromatic rings. The third-order valence-electron chi connectivity index (χ3n) is 4.45. The van der Waals surface area contributed by atoms with E-state index in [1.165, 1.54) is 36.0 Å². The third-order valence-corrected chi connectivity index (χ3v) is 6.34. The highest BCUT2D eigenvalue weighted by molar-refractivity contribution is 7.98. The Morgan fingerprint density at radius 2 is 1.35 bits per heavy atom. The molecule has 0 spiro atoms. The molecule has 0 aliphatic heterocycles. The van der Waals surface area contributed by atoms with Crippen molar-refractivity contribution in [2.24, 2.45) is 0 Å². The van der Waals surface area contributed by atoms with Gasteiger partial charge in [0.15, 0.2) is 0 Å².